The van der Waals surface area contributed by atoms with Crippen LogP contribution >= 0.6 is 11.3 Å². The molecular weight excluding hydrogens is 372 g/mol. The van der Waals surface area contributed by atoms with Gasteiger partial charge in [0, 0.05) is 31.4 Å². The van der Waals surface area contributed by atoms with Gasteiger partial charge < -0.3 is 16.0 Å². The number of benzene rings is 1. The summed E-state index contributed by atoms with van der Waals surface area (Å²) in [6.07, 6.45) is 3.50. The molecule has 1 aromatic heterocycles. The van der Waals surface area contributed by atoms with Crippen molar-refractivity contribution in [3.63, 3.8) is 0 Å². The fourth-order valence-corrected chi connectivity index (χ4v) is 4.19. The smallest absolute Gasteiger partial charge is 0.224 e. The fraction of sp³-hybridized carbons (Fsp3) is 0.476. The number of carbonyl (C=O) groups excluding carboxylic acids is 2. The van der Waals surface area contributed by atoms with Gasteiger partial charge in [0.1, 0.15) is 0 Å². The van der Waals surface area contributed by atoms with Gasteiger partial charge in [-0.1, -0.05) is 24.3 Å². The third-order valence-corrected chi connectivity index (χ3v) is 5.96. The lowest BCUT2D eigenvalue weighted by Crippen LogP contribution is -2.44. The molecule has 2 amide bonds. The molecule has 0 spiro atoms. The summed E-state index contributed by atoms with van der Waals surface area (Å²) in [4.78, 5) is 30.9. The van der Waals surface area contributed by atoms with Crippen molar-refractivity contribution in [1.82, 2.24) is 15.2 Å². The van der Waals surface area contributed by atoms with E-state index in [1.165, 1.54) is 11.3 Å². The van der Waals surface area contributed by atoms with E-state index in [0.29, 0.717) is 43.4 Å². The number of nitrogen functional groups attached to an aromatic ring is 1. The zero-order valence-corrected chi connectivity index (χ0v) is 17.1. The van der Waals surface area contributed by atoms with Gasteiger partial charge in [-0.05, 0) is 43.2 Å². The largest absolute Gasteiger partial charge is 0.375 e. The zero-order valence-electron chi connectivity index (χ0n) is 16.3. The molecule has 1 aliphatic heterocycles. The quantitative estimate of drug-likeness (QED) is 0.748. The van der Waals surface area contributed by atoms with Crippen LogP contribution < -0.4 is 11.1 Å². The van der Waals surface area contributed by atoms with Crippen molar-refractivity contribution in [2.45, 2.75) is 39.0 Å². The number of likely N-dealkylation sites (tertiary alicyclic amines) is 1. The predicted octanol–water partition coefficient (Wildman–Crippen LogP) is 2.56. The third-order valence-electron chi connectivity index (χ3n) is 5.24. The standard InChI is InChI=1S/C21H28N4O2S/c1-15-5-2-3-7-17(15)11-19(26)23-12-16-6-4-10-25(13-16)20(27)9-8-18-14-28-21(22)24-18/h2-3,5,7,14,16H,4,6,8-13H2,1H3,(H2,22,24)(H,23,26). The molecule has 3 N–H and O–H groups in total. The molecule has 1 aliphatic rings. The van der Waals surface area contributed by atoms with Gasteiger partial charge in [-0.2, -0.15) is 0 Å². The second-order valence-electron chi connectivity index (χ2n) is 7.43. The highest BCUT2D eigenvalue weighted by molar-refractivity contribution is 7.13. The Balaban J connectivity index is 1.42. The Morgan fingerprint density at radius 1 is 1.36 bits per heavy atom. The first kappa shape index (κ1) is 20.3. The Kier molecular flexibility index (Phi) is 7.03. The lowest BCUT2D eigenvalue weighted by Gasteiger charge is -2.33. The van der Waals surface area contributed by atoms with Crippen LogP contribution in [0.3, 0.4) is 0 Å². The van der Waals surface area contributed by atoms with Crippen LogP contribution in [0.1, 0.15) is 36.1 Å². The van der Waals surface area contributed by atoms with Crippen LogP contribution in [-0.2, 0) is 22.4 Å². The second kappa shape index (κ2) is 9.68. The molecule has 0 saturated carbocycles. The van der Waals surface area contributed by atoms with Gasteiger partial charge in [-0.3, -0.25) is 9.59 Å². The average molecular weight is 401 g/mol. The zero-order chi connectivity index (χ0) is 19.9. The summed E-state index contributed by atoms with van der Waals surface area (Å²) in [6.45, 7) is 4.15. The Morgan fingerprint density at radius 3 is 2.93 bits per heavy atom. The van der Waals surface area contributed by atoms with Crippen molar-refractivity contribution >= 4 is 28.3 Å². The molecule has 1 fully saturated rings. The summed E-state index contributed by atoms with van der Waals surface area (Å²) in [5.74, 6) is 0.509. The van der Waals surface area contributed by atoms with Gasteiger partial charge >= 0.3 is 0 Å². The molecule has 1 saturated heterocycles. The third kappa shape index (κ3) is 5.79. The van der Waals surface area contributed by atoms with E-state index < -0.39 is 0 Å². The summed E-state index contributed by atoms with van der Waals surface area (Å²) in [5.41, 5.74) is 8.71. The van der Waals surface area contributed by atoms with Gasteiger partial charge in [0.2, 0.25) is 11.8 Å². The molecule has 1 aromatic carbocycles. The number of nitrogens with two attached hydrogens (primary N) is 1. The number of nitrogens with zero attached hydrogens (tertiary/aromatic N) is 2. The number of rotatable bonds is 7. The Labute approximate surface area is 170 Å². The SMILES string of the molecule is Cc1ccccc1CC(=O)NCC1CCCN(C(=O)CCc2csc(N)n2)C1. The maximum atomic E-state index is 12.5. The van der Waals surface area contributed by atoms with E-state index in [1.54, 1.807) is 0 Å². The normalized spacial score (nSPS) is 16.8. The maximum absolute atomic E-state index is 12.5. The average Bonchev–Trinajstić information content (AvgIpc) is 3.12. The van der Waals surface area contributed by atoms with Gasteiger partial charge in [-0.15, -0.1) is 11.3 Å². The van der Waals surface area contributed by atoms with Crippen LogP contribution in [0.15, 0.2) is 29.6 Å². The Bertz CT molecular complexity index is 820. The molecule has 150 valence electrons. The monoisotopic (exact) mass is 400 g/mol. The number of thiazole rings is 1. The number of amides is 2. The van der Waals surface area contributed by atoms with Gasteiger partial charge in [0.15, 0.2) is 5.13 Å². The van der Waals surface area contributed by atoms with Crippen molar-refractivity contribution in [2.24, 2.45) is 5.92 Å². The molecule has 1 unspecified atom stereocenters. The molecule has 2 heterocycles. The Hall–Kier alpha value is -2.41. The minimum absolute atomic E-state index is 0.0406. The van der Waals surface area contributed by atoms with Crippen molar-refractivity contribution in [3.05, 3.63) is 46.5 Å². The lowest BCUT2D eigenvalue weighted by atomic mass is 9.97. The highest BCUT2D eigenvalue weighted by atomic mass is 32.1. The minimum atomic E-state index is 0.0406. The molecule has 28 heavy (non-hydrogen) atoms. The first-order valence-electron chi connectivity index (χ1n) is 9.80. The molecular formula is C21H28N4O2S. The molecule has 7 heteroatoms. The van der Waals surface area contributed by atoms with E-state index in [1.807, 2.05) is 41.5 Å². The van der Waals surface area contributed by atoms with Crippen LogP contribution in [0.25, 0.3) is 0 Å². The number of aromatic nitrogens is 1. The van der Waals surface area contributed by atoms with Gasteiger partial charge in [0.25, 0.3) is 0 Å². The van der Waals surface area contributed by atoms with Crippen LogP contribution in [0.4, 0.5) is 5.13 Å². The molecule has 1 atom stereocenters. The molecule has 2 aromatic rings. The first-order chi connectivity index (χ1) is 13.5. The number of aryl methyl sites for hydroxylation is 2. The predicted molar refractivity (Wildman–Crippen MR) is 112 cm³/mol. The number of hydrogen-bond acceptors (Lipinski definition) is 5. The first-order valence-corrected chi connectivity index (χ1v) is 10.7. The van der Waals surface area contributed by atoms with Crippen LogP contribution in [0, 0.1) is 12.8 Å². The van der Waals surface area contributed by atoms with Gasteiger partial charge in [-0.25, -0.2) is 4.98 Å². The highest BCUT2D eigenvalue weighted by Gasteiger charge is 2.24. The van der Waals surface area contributed by atoms with E-state index in [0.717, 1.165) is 36.2 Å². The molecule has 0 aliphatic carbocycles. The lowest BCUT2D eigenvalue weighted by molar-refractivity contribution is -0.132. The molecule has 3 rings (SSSR count). The van der Waals surface area contributed by atoms with Crippen molar-refractivity contribution < 1.29 is 9.59 Å². The molecule has 0 bridgehead atoms. The van der Waals surface area contributed by atoms with E-state index in [4.69, 9.17) is 5.73 Å². The minimum Gasteiger partial charge on any atom is -0.375 e. The van der Waals surface area contributed by atoms with Crippen LogP contribution in [-0.4, -0.2) is 41.3 Å². The highest BCUT2D eigenvalue weighted by Crippen LogP contribution is 2.18. The molecule has 6 nitrogen and oxygen atoms in total. The molecule has 0 radical (unpaired) electrons. The van der Waals surface area contributed by atoms with E-state index >= 15 is 0 Å². The van der Waals surface area contributed by atoms with Crippen molar-refractivity contribution in [3.8, 4) is 0 Å². The number of hydrogen-bond donors (Lipinski definition) is 2. The van der Waals surface area contributed by atoms with E-state index in [2.05, 4.69) is 10.3 Å². The van der Waals surface area contributed by atoms with E-state index in [9.17, 15) is 9.59 Å². The summed E-state index contributed by atoms with van der Waals surface area (Å²) >= 11 is 1.40. The fourth-order valence-electron chi connectivity index (χ4n) is 3.59. The number of anilines is 1. The van der Waals surface area contributed by atoms with Crippen molar-refractivity contribution in [1.29, 1.82) is 0 Å². The number of carbonyl (C=O) groups is 2. The van der Waals surface area contributed by atoms with Gasteiger partial charge in [0.05, 0.1) is 12.1 Å². The van der Waals surface area contributed by atoms with Crippen LogP contribution in [0.5, 0.6) is 0 Å². The van der Waals surface area contributed by atoms with Crippen LogP contribution in [0.2, 0.25) is 0 Å². The maximum Gasteiger partial charge on any atom is 0.224 e. The summed E-state index contributed by atoms with van der Waals surface area (Å²) in [6, 6.07) is 7.95. The summed E-state index contributed by atoms with van der Waals surface area (Å²) in [5, 5.41) is 5.50. The van der Waals surface area contributed by atoms with Crippen molar-refractivity contribution in [2.75, 3.05) is 25.4 Å². The summed E-state index contributed by atoms with van der Waals surface area (Å²) < 4.78 is 0. The van der Waals surface area contributed by atoms with E-state index in [-0.39, 0.29) is 11.8 Å². The number of piperidine rings is 1. The second-order valence-corrected chi connectivity index (χ2v) is 8.32. The number of nitrogens with one attached hydrogen (secondary N) is 1. The Morgan fingerprint density at radius 2 is 2.18 bits per heavy atom. The topological polar surface area (TPSA) is 88.3 Å². The summed E-state index contributed by atoms with van der Waals surface area (Å²) in [7, 11) is 0.